The Bertz CT molecular complexity index is 502. The summed E-state index contributed by atoms with van der Waals surface area (Å²) < 4.78 is 13.2. The summed E-state index contributed by atoms with van der Waals surface area (Å²) in [5.74, 6) is -2.41. The molecule has 0 aliphatic heterocycles. The fourth-order valence-corrected chi connectivity index (χ4v) is 1.79. The molecule has 18 heavy (non-hydrogen) atoms. The Balaban J connectivity index is 2.10. The maximum atomic E-state index is 13.2. The Morgan fingerprint density at radius 3 is 2.61 bits per heavy atom. The lowest BCUT2D eigenvalue weighted by atomic mass is 10.1. The van der Waals surface area contributed by atoms with Crippen molar-refractivity contribution in [2.24, 2.45) is 5.92 Å². The quantitative estimate of drug-likeness (QED) is 0.881. The van der Waals surface area contributed by atoms with Gasteiger partial charge in [0.1, 0.15) is 11.9 Å². The van der Waals surface area contributed by atoms with E-state index in [4.69, 9.17) is 16.7 Å². The van der Waals surface area contributed by atoms with Crippen molar-refractivity contribution in [2.75, 3.05) is 0 Å². The topological polar surface area (TPSA) is 66.4 Å². The molecular weight excluding hydrogens is 261 g/mol. The lowest BCUT2D eigenvalue weighted by molar-refractivity contribution is -0.139. The standard InChI is InChI=1S/C12H11ClFNO3/c13-8-4-3-7(5-9(8)14)11(16)15-10(12(17)18)6-1-2-6/h3-6,10H,1-2H2,(H,15,16)(H,17,18). The molecule has 1 amide bonds. The van der Waals surface area contributed by atoms with E-state index in [9.17, 15) is 14.0 Å². The molecule has 1 aliphatic rings. The zero-order chi connectivity index (χ0) is 13.3. The molecule has 0 bridgehead atoms. The number of carboxylic acid groups (broad SMARTS) is 1. The Morgan fingerprint density at radius 1 is 1.44 bits per heavy atom. The molecule has 2 N–H and O–H groups in total. The number of carbonyl (C=O) groups is 2. The van der Waals surface area contributed by atoms with Crippen LogP contribution in [0.3, 0.4) is 0 Å². The van der Waals surface area contributed by atoms with Crippen LogP contribution in [-0.4, -0.2) is 23.0 Å². The summed E-state index contributed by atoms with van der Waals surface area (Å²) in [6.45, 7) is 0. The third-order valence-corrected chi connectivity index (χ3v) is 3.13. The molecule has 1 saturated carbocycles. The molecule has 1 unspecified atom stereocenters. The van der Waals surface area contributed by atoms with Crippen molar-refractivity contribution in [3.63, 3.8) is 0 Å². The van der Waals surface area contributed by atoms with Gasteiger partial charge in [-0.2, -0.15) is 0 Å². The lowest BCUT2D eigenvalue weighted by Crippen LogP contribution is -2.42. The Hall–Kier alpha value is -1.62. The monoisotopic (exact) mass is 271 g/mol. The van der Waals surface area contributed by atoms with Crippen LogP contribution >= 0.6 is 11.6 Å². The van der Waals surface area contributed by atoms with Gasteiger partial charge in [0.25, 0.3) is 5.91 Å². The first-order valence-corrected chi connectivity index (χ1v) is 5.85. The molecule has 2 rings (SSSR count). The number of benzene rings is 1. The Kier molecular flexibility index (Phi) is 3.52. The molecule has 0 spiro atoms. The van der Waals surface area contributed by atoms with Gasteiger partial charge in [0.05, 0.1) is 5.02 Å². The minimum absolute atomic E-state index is 0.0244. The van der Waals surface area contributed by atoms with Crippen molar-refractivity contribution < 1.29 is 19.1 Å². The minimum Gasteiger partial charge on any atom is -0.480 e. The normalized spacial score (nSPS) is 16.1. The van der Waals surface area contributed by atoms with Gasteiger partial charge < -0.3 is 10.4 Å². The van der Waals surface area contributed by atoms with Crippen LogP contribution < -0.4 is 5.32 Å². The number of hydrogen-bond donors (Lipinski definition) is 2. The first-order chi connectivity index (χ1) is 8.49. The van der Waals surface area contributed by atoms with Gasteiger partial charge in [0, 0.05) is 5.56 Å². The third-order valence-electron chi connectivity index (χ3n) is 2.83. The van der Waals surface area contributed by atoms with E-state index in [-0.39, 0.29) is 16.5 Å². The molecule has 1 aliphatic carbocycles. The highest BCUT2D eigenvalue weighted by Gasteiger charge is 2.37. The number of aliphatic carboxylic acids is 1. The first kappa shape index (κ1) is 12.8. The van der Waals surface area contributed by atoms with Crippen molar-refractivity contribution in [2.45, 2.75) is 18.9 Å². The number of halogens is 2. The summed E-state index contributed by atoms with van der Waals surface area (Å²) in [5, 5.41) is 11.3. The molecule has 0 radical (unpaired) electrons. The van der Waals surface area contributed by atoms with Crippen LogP contribution in [0, 0.1) is 11.7 Å². The number of amides is 1. The SMILES string of the molecule is O=C(NC(C(=O)O)C1CC1)c1ccc(Cl)c(F)c1. The Morgan fingerprint density at radius 2 is 2.11 bits per heavy atom. The number of rotatable bonds is 4. The molecule has 4 nitrogen and oxygen atoms in total. The molecule has 1 fully saturated rings. The average Bonchev–Trinajstić information content (AvgIpc) is 3.13. The summed E-state index contributed by atoms with van der Waals surface area (Å²) in [6.07, 6.45) is 1.57. The second-order valence-electron chi connectivity index (χ2n) is 4.26. The molecule has 1 atom stereocenters. The summed E-state index contributed by atoms with van der Waals surface area (Å²) in [6, 6.07) is 2.70. The van der Waals surface area contributed by atoms with Gasteiger partial charge in [0.2, 0.25) is 0 Å². The maximum Gasteiger partial charge on any atom is 0.326 e. The van der Waals surface area contributed by atoms with E-state index in [1.807, 2.05) is 0 Å². The number of nitrogens with one attached hydrogen (secondary N) is 1. The minimum atomic E-state index is -1.07. The zero-order valence-electron chi connectivity index (χ0n) is 9.32. The predicted molar refractivity (Wildman–Crippen MR) is 63.0 cm³/mol. The van der Waals surface area contributed by atoms with Crippen LogP contribution in [0.1, 0.15) is 23.2 Å². The highest BCUT2D eigenvalue weighted by atomic mass is 35.5. The maximum absolute atomic E-state index is 13.2. The van der Waals surface area contributed by atoms with E-state index in [1.165, 1.54) is 12.1 Å². The molecular formula is C12H11ClFNO3. The lowest BCUT2D eigenvalue weighted by Gasteiger charge is -2.13. The third kappa shape index (κ3) is 2.79. The zero-order valence-corrected chi connectivity index (χ0v) is 10.1. The fraction of sp³-hybridized carbons (Fsp3) is 0.333. The Labute approximate surface area is 108 Å². The highest BCUT2D eigenvalue weighted by molar-refractivity contribution is 6.30. The first-order valence-electron chi connectivity index (χ1n) is 5.48. The summed E-state index contributed by atoms with van der Waals surface area (Å²) in [4.78, 5) is 22.7. The molecule has 0 heterocycles. The van der Waals surface area contributed by atoms with Gasteiger partial charge in [-0.05, 0) is 37.0 Å². The van der Waals surface area contributed by atoms with Crippen LogP contribution in [-0.2, 0) is 4.79 Å². The van der Waals surface area contributed by atoms with Crippen molar-refractivity contribution in [1.29, 1.82) is 0 Å². The fourth-order valence-electron chi connectivity index (χ4n) is 1.67. The summed E-state index contributed by atoms with van der Waals surface area (Å²) in [7, 11) is 0. The smallest absolute Gasteiger partial charge is 0.326 e. The summed E-state index contributed by atoms with van der Waals surface area (Å²) in [5.41, 5.74) is 0.0591. The van der Waals surface area contributed by atoms with Crippen LogP contribution in [0.15, 0.2) is 18.2 Å². The van der Waals surface area contributed by atoms with Crippen molar-refractivity contribution in [3.05, 3.63) is 34.6 Å². The summed E-state index contributed by atoms with van der Waals surface area (Å²) >= 11 is 5.50. The average molecular weight is 272 g/mol. The van der Waals surface area contributed by atoms with Gasteiger partial charge in [-0.3, -0.25) is 4.79 Å². The number of carbonyl (C=O) groups excluding carboxylic acids is 1. The van der Waals surface area contributed by atoms with Gasteiger partial charge in [0.15, 0.2) is 0 Å². The molecule has 1 aromatic carbocycles. The second kappa shape index (κ2) is 4.94. The van der Waals surface area contributed by atoms with Crippen LogP contribution in [0.5, 0.6) is 0 Å². The number of carboxylic acids is 1. The molecule has 0 aromatic heterocycles. The van der Waals surface area contributed by atoms with E-state index in [2.05, 4.69) is 5.32 Å². The van der Waals surface area contributed by atoms with E-state index in [1.54, 1.807) is 0 Å². The van der Waals surface area contributed by atoms with Crippen molar-refractivity contribution in [1.82, 2.24) is 5.32 Å². The second-order valence-corrected chi connectivity index (χ2v) is 4.66. The van der Waals surface area contributed by atoms with Gasteiger partial charge in [-0.25, -0.2) is 9.18 Å². The van der Waals surface area contributed by atoms with E-state index < -0.39 is 23.7 Å². The van der Waals surface area contributed by atoms with Crippen molar-refractivity contribution in [3.8, 4) is 0 Å². The number of hydrogen-bond acceptors (Lipinski definition) is 2. The highest BCUT2D eigenvalue weighted by Crippen LogP contribution is 2.32. The molecule has 96 valence electrons. The predicted octanol–water partition coefficient (Wildman–Crippen LogP) is 2.07. The van der Waals surface area contributed by atoms with E-state index in [0.717, 1.165) is 18.9 Å². The van der Waals surface area contributed by atoms with E-state index in [0.29, 0.717) is 0 Å². The van der Waals surface area contributed by atoms with Crippen LogP contribution in [0.25, 0.3) is 0 Å². The molecule has 1 aromatic rings. The molecule has 6 heteroatoms. The van der Waals surface area contributed by atoms with Crippen molar-refractivity contribution >= 4 is 23.5 Å². The van der Waals surface area contributed by atoms with Crippen LogP contribution in [0.4, 0.5) is 4.39 Å². The van der Waals surface area contributed by atoms with Gasteiger partial charge in [-0.1, -0.05) is 11.6 Å². The largest absolute Gasteiger partial charge is 0.480 e. The van der Waals surface area contributed by atoms with E-state index >= 15 is 0 Å². The van der Waals surface area contributed by atoms with Crippen LogP contribution in [0.2, 0.25) is 5.02 Å². The van der Waals surface area contributed by atoms with Gasteiger partial charge in [-0.15, -0.1) is 0 Å². The van der Waals surface area contributed by atoms with Gasteiger partial charge >= 0.3 is 5.97 Å². The molecule has 0 saturated heterocycles.